The molecule has 0 saturated heterocycles. The molecule has 0 saturated carbocycles. The summed E-state index contributed by atoms with van der Waals surface area (Å²) in [7, 11) is -2.01. The molecule has 4 aromatic rings. The van der Waals surface area contributed by atoms with Crippen molar-refractivity contribution in [2.24, 2.45) is 0 Å². The number of nitrogens with zero attached hydrogens (tertiary/aromatic N) is 1. The molecule has 0 aliphatic carbocycles. The zero-order valence-corrected chi connectivity index (χ0v) is 19.7. The van der Waals surface area contributed by atoms with Gasteiger partial charge in [-0.3, -0.25) is 4.79 Å². The van der Waals surface area contributed by atoms with Gasteiger partial charge in [-0.15, -0.1) is 0 Å². The Labute approximate surface area is 197 Å². The minimum Gasteiger partial charge on any atom is -0.348 e. The van der Waals surface area contributed by atoms with Crippen molar-refractivity contribution in [3.63, 3.8) is 0 Å². The molecule has 1 aromatic heterocycles. The Kier molecular flexibility index (Phi) is 7.12. The number of hydrogen-bond acceptors (Lipinski definition) is 5. The lowest BCUT2D eigenvalue weighted by Crippen LogP contribution is -2.25. The Hall–Kier alpha value is -3.14. The number of fused-ring (bicyclic) bond motifs is 1. The van der Waals surface area contributed by atoms with E-state index >= 15 is 0 Å². The van der Waals surface area contributed by atoms with E-state index in [1.165, 1.54) is 7.05 Å². The van der Waals surface area contributed by atoms with Gasteiger partial charge in [-0.25, -0.2) is 18.1 Å². The SMILES string of the molecule is CNS(=O)(=O)Cc1ccccc1CNC(=O)c1ccc(CSc2nc3ccccc3[nH]2)cc1. The van der Waals surface area contributed by atoms with Crippen molar-refractivity contribution in [3.05, 3.63) is 95.1 Å². The molecule has 0 fully saturated rings. The fraction of sp³-hybridized carbons (Fsp3) is 0.167. The molecule has 4 rings (SSSR count). The van der Waals surface area contributed by atoms with Crippen molar-refractivity contribution in [3.8, 4) is 0 Å². The van der Waals surface area contributed by atoms with Crippen LogP contribution in [-0.4, -0.2) is 31.3 Å². The predicted molar refractivity (Wildman–Crippen MR) is 131 cm³/mol. The summed E-state index contributed by atoms with van der Waals surface area (Å²) < 4.78 is 26.1. The second-order valence-corrected chi connectivity index (χ2v) is 10.3. The van der Waals surface area contributed by atoms with Gasteiger partial charge < -0.3 is 10.3 Å². The second kappa shape index (κ2) is 10.2. The van der Waals surface area contributed by atoms with Crippen LogP contribution in [0.1, 0.15) is 27.0 Å². The highest BCUT2D eigenvalue weighted by Crippen LogP contribution is 2.23. The van der Waals surface area contributed by atoms with Crippen molar-refractivity contribution >= 4 is 38.7 Å². The number of para-hydroxylation sites is 2. The fourth-order valence-corrected chi connectivity index (χ4v) is 5.00. The van der Waals surface area contributed by atoms with Crippen molar-refractivity contribution in [1.29, 1.82) is 0 Å². The summed E-state index contributed by atoms with van der Waals surface area (Å²) in [6.07, 6.45) is 0. The lowest BCUT2D eigenvalue weighted by Gasteiger charge is -2.11. The van der Waals surface area contributed by atoms with E-state index in [1.807, 2.05) is 48.5 Å². The lowest BCUT2D eigenvalue weighted by molar-refractivity contribution is 0.0951. The van der Waals surface area contributed by atoms with E-state index in [-0.39, 0.29) is 18.2 Å². The molecule has 0 aliphatic heterocycles. The maximum atomic E-state index is 12.6. The van der Waals surface area contributed by atoms with Gasteiger partial charge in [-0.2, -0.15) is 0 Å². The summed E-state index contributed by atoms with van der Waals surface area (Å²) in [6, 6.07) is 22.5. The molecular formula is C24H24N4O3S2. The Morgan fingerprint density at radius 2 is 1.67 bits per heavy atom. The molecule has 0 bridgehead atoms. The van der Waals surface area contributed by atoms with Crippen LogP contribution in [0.5, 0.6) is 0 Å². The second-order valence-electron chi connectivity index (χ2n) is 7.46. The summed E-state index contributed by atoms with van der Waals surface area (Å²) in [5, 5.41) is 3.74. The largest absolute Gasteiger partial charge is 0.348 e. The molecule has 0 aliphatic rings. The van der Waals surface area contributed by atoms with Crippen LogP contribution in [0.4, 0.5) is 0 Å². The van der Waals surface area contributed by atoms with Gasteiger partial charge in [0.25, 0.3) is 5.91 Å². The third-order valence-electron chi connectivity index (χ3n) is 5.17. The first-order chi connectivity index (χ1) is 15.9. The van der Waals surface area contributed by atoms with Gasteiger partial charge in [0, 0.05) is 17.9 Å². The maximum Gasteiger partial charge on any atom is 0.251 e. The zero-order chi connectivity index (χ0) is 23.3. The van der Waals surface area contributed by atoms with Crippen LogP contribution >= 0.6 is 11.8 Å². The maximum absolute atomic E-state index is 12.6. The predicted octanol–water partition coefficient (Wildman–Crippen LogP) is 3.83. The van der Waals surface area contributed by atoms with Crippen molar-refractivity contribution in [1.82, 2.24) is 20.0 Å². The number of rotatable bonds is 9. The van der Waals surface area contributed by atoms with Gasteiger partial charge in [0.2, 0.25) is 10.0 Å². The normalized spacial score (nSPS) is 11.5. The van der Waals surface area contributed by atoms with E-state index in [1.54, 1.807) is 36.0 Å². The zero-order valence-electron chi connectivity index (χ0n) is 18.0. The highest BCUT2D eigenvalue weighted by Gasteiger charge is 2.13. The number of amides is 1. The van der Waals surface area contributed by atoms with Crippen LogP contribution in [0.2, 0.25) is 0 Å². The van der Waals surface area contributed by atoms with Crippen LogP contribution < -0.4 is 10.0 Å². The van der Waals surface area contributed by atoms with E-state index < -0.39 is 10.0 Å². The number of sulfonamides is 1. The monoisotopic (exact) mass is 480 g/mol. The first-order valence-corrected chi connectivity index (χ1v) is 13.0. The van der Waals surface area contributed by atoms with Crippen LogP contribution in [0.15, 0.2) is 78.0 Å². The number of hydrogen-bond donors (Lipinski definition) is 3. The molecule has 0 unspecified atom stereocenters. The number of benzene rings is 3. The number of carbonyl (C=O) groups excluding carboxylic acids is 1. The number of H-pyrrole nitrogens is 1. The van der Waals surface area contributed by atoms with Crippen molar-refractivity contribution in [2.75, 3.05) is 7.05 Å². The average molecular weight is 481 g/mol. The molecule has 0 radical (unpaired) electrons. The first kappa shape index (κ1) is 23.0. The molecule has 3 N–H and O–H groups in total. The fourth-order valence-electron chi connectivity index (χ4n) is 3.33. The molecule has 33 heavy (non-hydrogen) atoms. The molecule has 1 heterocycles. The summed E-state index contributed by atoms with van der Waals surface area (Å²) in [5.41, 5.74) is 5.01. The van der Waals surface area contributed by atoms with E-state index in [0.717, 1.165) is 33.1 Å². The summed E-state index contributed by atoms with van der Waals surface area (Å²) in [6.45, 7) is 0.248. The van der Waals surface area contributed by atoms with Crippen molar-refractivity contribution in [2.45, 2.75) is 23.2 Å². The van der Waals surface area contributed by atoms with Gasteiger partial charge in [0.05, 0.1) is 16.8 Å². The molecule has 1 amide bonds. The third-order valence-corrected chi connectivity index (χ3v) is 7.43. The molecule has 170 valence electrons. The first-order valence-electron chi connectivity index (χ1n) is 10.4. The van der Waals surface area contributed by atoms with E-state index in [2.05, 4.69) is 20.0 Å². The standard InChI is InChI=1S/C24H24N4O3S2/c1-25-33(30,31)16-20-7-3-2-6-19(20)14-26-23(29)18-12-10-17(11-13-18)15-32-24-27-21-8-4-5-9-22(21)28-24/h2-13,25H,14-16H2,1H3,(H,26,29)(H,27,28). The van der Waals surface area contributed by atoms with E-state index in [9.17, 15) is 13.2 Å². The Morgan fingerprint density at radius 1 is 0.970 bits per heavy atom. The van der Waals surface area contributed by atoms with Gasteiger partial charge in [-0.1, -0.05) is 60.3 Å². The number of carbonyl (C=O) groups is 1. The number of aromatic nitrogens is 2. The highest BCUT2D eigenvalue weighted by atomic mass is 32.2. The van der Waals surface area contributed by atoms with Crippen LogP contribution in [0.25, 0.3) is 11.0 Å². The quantitative estimate of drug-likeness (QED) is 0.316. The molecule has 0 spiro atoms. The molecule has 7 nitrogen and oxygen atoms in total. The smallest absolute Gasteiger partial charge is 0.251 e. The number of nitrogens with one attached hydrogen (secondary N) is 3. The van der Waals surface area contributed by atoms with E-state index in [0.29, 0.717) is 11.1 Å². The van der Waals surface area contributed by atoms with Gasteiger partial charge in [0.1, 0.15) is 0 Å². The van der Waals surface area contributed by atoms with Gasteiger partial charge in [-0.05, 0) is 48.0 Å². The number of aromatic amines is 1. The van der Waals surface area contributed by atoms with Crippen LogP contribution in [0, 0.1) is 0 Å². The van der Waals surface area contributed by atoms with Crippen LogP contribution in [-0.2, 0) is 28.1 Å². The average Bonchev–Trinajstić information content (AvgIpc) is 3.25. The van der Waals surface area contributed by atoms with Gasteiger partial charge >= 0.3 is 0 Å². The Balaban J connectivity index is 1.34. The summed E-state index contributed by atoms with van der Waals surface area (Å²) >= 11 is 1.61. The van der Waals surface area contributed by atoms with Crippen LogP contribution in [0.3, 0.4) is 0 Å². The minimum atomic E-state index is -3.40. The highest BCUT2D eigenvalue weighted by molar-refractivity contribution is 7.98. The topological polar surface area (TPSA) is 104 Å². The molecule has 0 atom stereocenters. The summed E-state index contributed by atoms with van der Waals surface area (Å²) in [5.74, 6) is 0.389. The van der Waals surface area contributed by atoms with E-state index in [4.69, 9.17) is 0 Å². The minimum absolute atomic E-state index is 0.132. The lowest BCUT2D eigenvalue weighted by atomic mass is 10.1. The van der Waals surface area contributed by atoms with Crippen molar-refractivity contribution < 1.29 is 13.2 Å². The number of imidazole rings is 1. The van der Waals surface area contributed by atoms with Gasteiger partial charge in [0.15, 0.2) is 5.16 Å². The summed E-state index contributed by atoms with van der Waals surface area (Å²) in [4.78, 5) is 20.5. The Morgan fingerprint density at radius 3 is 2.39 bits per heavy atom. The molecule has 9 heteroatoms. The molecule has 3 aromatic carbocycles. The third kappa shape index (κ3) is 6.01. The molecular weight excluding hydrogens is 456 g/mol. The Bertz CT molecular complexity index is 1330. The number of thioether (sulfide) groups is 1.